The standard InChI is InChI=1S/C20H22F2N2O/c1-20(2,15-3-5-16(21)6-4-15)19(25)24-13-11-23(12-14-24)18-9-7-17(22)8-10-18/h3-10H,11-14H2,1-2H3. The van der Waals surface area contributed by atoms with Crippen LogP contribution in [0, 0.1) is 11.6 Å². The van der Waals surface area contributed by atoms with Crippen LogP contribution in [0.5, 0.6) is 0 Å². The van der Waals surface area contributed by atoms with Crippen LogP contribution < -0.4 is 4.90 Å². The van der Waals surface area contributed by atoms with Crippen molar-refractivity contribution in [2.45, 2.75) is 19.3 Å². The number of benzene rings is 2. The Labute approximate surface area is 146 Å². The number of anilines is 1. The van der Waals surface area contributed by atoms with Crippen LogP contribution in [0.1, 0.15) is 19.4 Å². The second-order valence-electron chi connectivity index (χ2n) is 6.89. The van der Waals surface area contributed by atoms with Crippen LogP contribution in [0.25, 0.3) is 0 Å². The molecule has 0 bridgehead atoms. The Bertz CT molecular complexity index is 733. The van der Waals surface area contributed by atoms with E-state index in [-0.39, 0.29) is 17.5 Å². The Morgan fingerprint density at radius 3 is 1.84 bits per heavy atom. The molecule has 1 aliphatic heterocycles. The Morgan fingerprint density at radius 2 is 1.32 bits per heavy atom. The van der Waals surface area contributed by atoms with Crippen molar-refractivity contribution in [1.82, 2.24) is 4.90 Å². The highest BCUT2D eigenvalue weighted by Crippen LogP contribution is 2.27. The summed E-state index contributed by atoms with van der Waals surface area (Å²) in [5.41, 5.74) is 1.07. The summed E-state index contributed by atoms with van der Waals surface area (Å²) in [5, 5.41) is 0. The van der Waals surface area contributed by atoms with Crippen LogP contribution in [0.4, 0.5) is 14.5 Å². The van der Waals surface area contributed by atoms with Gasteiger partial charge in [0.25, 0.3) is 0 Å². The molecule has 0 aliphatic carbocycles. The maximum absolute atomic E-state index is 13.1. The number of nitrogens with zero attached hydrogens (tertiary/aromatic N) is 2. The van der Waals surface area contributed by atoms with Crippen LogP contribution in [-0.4, -0.2) is 37.0 Å². The lowest BCUT2D eigenvalue weighted by Crippen LogP contribution is -2.53. The number of amides is 1. The van der Waals surface area contributed by atoms with Gasteiger partial charge in [0, 0.05) is 31.9 Å². The van der Waals surface area contributed by atoms with Gasteiger partial charge < -0.3 is 9.80 Å². The number of halogens is 2. The smallest absolute Gasteiger partial charge is 0.232 e. The molecule has 3 rings (SSSR count). The Hall–Kier alpha value is -2.43. The molecule has 0 saturated carbocycles. The molecular weight excluding hydrogens is 322 g/mol. The normalized spacial score (nSPS) is 15.4. The molecule has 5 heteroatoms. The average Bonchev–Trinajstić information content (AvgIpc) is 2.62. The van der Waals surface area contributed by atoms with Gasteiger partial charge in [-0.25, -0.2) is 8.78 Å². The predicted octanol–water partition coefficient (Wildman–Crippen LogP) is 3.59. The van der Waals surface area contributed by atoms with E-state index in [1.807, 2.05) is 18.7 Å². The van der Waals surface area contributed by atoms with Gasteiger partial charge >= 0.3 is 0 Å². The molecule has 25 heavy (non-hydrogen) atoms. The third kappa shape index (κ3) is 3.65. The van der Waals surface area contributed by atoms with Gasteiger partial charge in [-0.3, -0.25) is 4.79 Å². The minimum absolute atomic E-state index is 0.0397. The first-order valence-corrected chi connectivity index (χ1v) is 8.44. The van der Waals surface area contributed by atoms with Gasteiger partial charge in [0.2, 0.25) is 5.91 Å². The predicted molar refractivity (Wildman–Crippen MR) is 94.6 cm³/mol. The molecule has 1 saturated heterocycles. The van der Waals surface area contributed by atoms with Crippen molar-refractivity contribution < 1.29 is 13.6 Å². The molecule has 0 radical (unpaired) electrons. The maximum Gasteiger partial charge on any atom is 0.232 e. The van der Waals surface area contributed by atoms with Gasteiger partial charge in [0.05, 0.1) is 5.41 Å². The van der Waals surface area contributed by atoms with Crippen molar-refractivity contribution >= 4 is 11.6 Å². The number of piperazine rings is 1. The number of hydrogen-bond donors (Lipinski definition) is 0. The van der Waals surface area contributed by atoms with Gasteiger partial charge in [-0.15, -0.1) is 0 Å². The van der Waals surface area contributed by atoms with E-state index in [9.17, 15) is 13.6 Å². The van der Waals surface area contributed by atoms with Crippen LogP contribution in [-0.2, 0) is 10.2 Å². The first kappa shape index (κ1) is 17.4. The number of carbonyl (C=O) groups excluding carboxylic acids is 1. The second kappa shape index (κ2) is 6.82. The highest BCUT2D eigenvalue weighted by Gasteiger charge is 2.35. The molecule has 3 nitrogen and oxygen atoms in total. The Balaban J connectivity index is 1.66. The highest BCUT2D eigenvalue weighted by molar-refractivity contribution is 5.87. The van der Waals surface area contributed by atoms with Crippen molar-refractivity contribution in [1.29, 1.82) is 0 Å². The summed E-state index contributed by atoms with van der Waals surface area (Å²) in [6.45, 7) is 6.37. The summed E-state index contributed by atoms with van der Waals surface area (Å²) in [7, 11) is 0. The van der Waals surface area contributed by atoms with Gasteiger partial charge in [-0.1, -0.05) is 12.1 Å². The second-order valence-corrected chi connectivity index (χ2v) is 6.89. The quantitative estimate of drug-likeness (QED) is 0.849. The molecule has 1 heterocycles. The molecule has 0 atom stereocenters. The van der Waals surface area contributed by atoms with Gasteiger partial charge in [-0.05, 0) is 55.8 Å². The largest absolute Gasteiger partial charge is 0.368 e. The van der Waals surface area contributed by atoms with Crippen molar-refractivity contribution in [2.75, 3.05) is 31.1 Å². The van der Waals surface area contributed by atoms with Crippen LogP contribution in [0.15, 0.2) is 48.5 Å². The molecule has 1 aliphatic rings. The first-order chi connectivity index (χ1) is 11.9. The summed E-state index contributed by atoms with van der Waals surface area (Å²) in [4.78, 5) is 17.0. The van der Waals surface area contributed by atoms with Gasteiger partial charge in [-0.2, -0.15) is 0 Å². The minimum atomic E-state index is -0.703. The zero-order valence-corrected chi connectivity index (χ0v) is 14.5. The topological polar surface area (TPSA) is 23.6 Å². The highest BCUT2D eigenvalue weighted by atomic mass is 19.1. The zero-order chi connectivity index (χ0) is 18.0. The van der Waals surface area contributed by atoms with E-state index >= 15 is 0 Å². The van der Waals surface area contributed by atoms with E-state index < -0.39 is 5.41 Å². The monoisotopic (exact) mass is 344 g/mol. The molecule has 1 amide bonds. The van der Waals surface area contributed by atoms with Gasteiger partial charge in [0.1, 0.15) is 11.6 Å². The Kier molecular flexibility index (Phi) is 4.75. The molecule has 132 valence electrons. The third-order valence-corrected chi connectivity index (χ3v) is 4.86. The molecule has 0 spiro atoms. The molecule has 0 aromatic heterocycles. The van der Waals surface area contributed by atoms with Crippen LogP contribution in [0.2, 0.25) is 0 Å². The van der Waals surface area contributed by atoms with Crippen LogP contribution >= 0.6 is 0 Å². The lowest BCUT2D eigenvalue weighted by molar-refractivity contribution is -0.136. The fourth-order valence-corrected chi connectivity index (χ4v) is 3.20. The molecular formula is C20H22F2N2O. The summed E-state index contributed by atoms with van der Waals surface area (Å²) in [6, 6.07) is 12.5. The van der Waals surface area contributed by atoms with Crippen molar-refractivity contribution in [3.63, 3.8) is 0 Å². The number of carbonyl (C=O) groups is 1. The maximum atomic E-state index is 13.1. The van der Waals surface area contributed by atoms with E-state index in [4.69, 9.17) is 0 Å². The molecule has 1 fully saturated rings. The van der Waals surface area contributed by atoms with E-state index in [0.29, 0.717) is 26.2 Å². The summed E-state index contributed by atoms with van der Waals surface area (Å²) < 4.78 is 26.2. The minimum Gasteiger partial charge on any atom is -0.368 e. The zero-order valence-electron chi connectivity index (χ0n) is 14.5. The van der Waals surface area contributed by atoms with Crippen molar-refractivity contribution in [3.05, 3.63) is 65.7 Å². The van der Waals surface area contributed by atoms with E-state index in [1.54, 1.807) is 24.3 Å². The summed E-state index contributed by atoms with van der Waals surface area (Å²) in [5.74, 6) is -0.517. The van der Waals surface area contributed by atoms with Crippen LogP contribution in [0.3, 0.4) is 0 Å². The fraction of sp³-hybridized carbons (Fsp3) is 0.350. The summed E-state index contributed by atoms with van der Waals surface area (Å²) in [6.07, 6.45) is 0. The lowest BCUT2D eigenvalue weighted by Gasteiger charge is -2.39. The van der Waals surface area contributed by atoms with E-state index in [0.717, 1.165) is 11.3 Å². The van der Waals surface area contributed by atoms with E-state index in [1.165, 1.54) is 24.3 Å². The molecule has 2 aromatic rings. The Morgan fingerprint density at radius 1 is 0.840 bits per heavy atom. The third-order valence-electron chi connectivity index (χ3n) is 4.86. The van der Waals surface area contributed by atoms with Crippen molar-refractivity contribution in [2.24, 2.45) is 0 Å². The van der Waals surface area contributed by atoms with E-state index in [2.05, 4.69) is 4.90 Å². The summed E-state index contributed by atoms with van der Waals surface area (Å²) >= 11 is 0. The SMILES string of the molecule is CC(C)(C(=O)N1CCN(c2ccc(F)cc2)CC1)c1ccc(F)cc1. The molecule has 2 aromatic carbocycles. The number of hydrogen-bond acceptors (Lipinski definition) is 2. The average molecular weight is 344 g/mol. The fourth-order valence-electron chi connectivity index (χ4n) is 3.20. The molecule has 0 N–H and O–H groups in total. The van der Waals surface area contributed by atoms with Gasteiger partial charge in [0.15, 0.2) is 0 Å². The lowest BCUT2D eigenvalue weighted by atomic mass is 9.83. The molecule has 0 unspecified atom stereocenters. The number of rotatable bonds is 3. The van der Waals surface area contributed by atoms with Crippen molar-refractivity contribution in [3.8, 4) is 0 Å². The first-order valence-electron chi connectivity index (χ1n) is 8.44.